The van der Waals surface area contributed by atoms with E-state index in [0.717, 1.165) is 38.5 Å². The third kappa shape index (κ3) is 31.3. The number of hydrogen-bond acceptors (Lipinski definition) is 6. The van der Waals surface area contributed by atoms with Crippen LogP contribution in [0.4, 0.5) is 0 Å². The van der Waals surface area contributed by atoms with Crippen LogP contribution in [0.25, 0.3) is 0 Å². The summed E-state index contributed by atoms with van der Waals surface area (Å²) in [7, 11) is -4.15. The molecule has 4 N–H and O–H groups in total. The zero-order valence-electron chi connectivity index (χ0n) is 24.6. The number of rotatable bonds is 29. The van der Waals surface area contributed by atoms with Gasteiger partial charge in [-0.25, -0.2) is 4.57 Å². The van der Waals surface area contributed by atoms with Gasteiger partial charge in [-0.1, -0.05) is 113 Å². The largest absolute Gasteiger partial charge is 0.472 e. The zero-order chi connectivity index (χ0) is 28.7. The van der Waals surface area contributed by atoms with E-state index in [0.29, 0.717) is 6.61 Å². The molecule has 8 heteroatoms. The van der Waals surface area contributed by atoms with E-state index in [1.54, 1.807) is 0 Å². The molecule has 0 saturated heterocycles. The van der Waals surface area contributed by atoms with Crippen LogP contribution < -0.4 is 5.73 Å². The number of unbranched alkanes of at least 4 members (excludes halogenated alkanes) is 11. The van der Waals surface area contributed by atoms with Gasteiger partial charge in [0.2, 0.25) is 0 Å². The van der Waals surface area contributed by atoms with Crippen LogP contribution in [0.15, 0.2) is 48.6 Å². The Labute approximate surface area is 239 Å². The molecule has 0 bridgehead atoms. The Bertz CT molecular complexity index is 680. The molecule has 0 fully saturated rings. The van der Waals surface area contributed by atoms with Crippen molar-refractivity contribution in [1.82, 2.24) is 0 Å². The van der Waals surface area contributed by atoms with Crippen LogP contribution >= 0.6 is 7.82 Å². The normalized spacial score (nSPS) is 14.9. The van der Waals surface area contributed by atoms with Gasteiger partial charge in [0.25, 0.3) is 0 Å². The summed E-state index contributed by atoms with van der Waals surface area (Å²) in [6.45, 7) is 2.53. The standard InChI is InChI=1S/C31H58NO6P/c1-2-3-4-5-6-7-8-9-10-11-12-13-14-15-16-17-18-19-20-21-22-23-24-25-27-36-29-31(33)30-38-39(34,35)37-28-26-32/h3-4,6-7,9-10,12-13,31,33H,2,5,8,11,14-30,32H2,1H3,(H,34,35)/b4-3-,7-6-,10-9-,13-12-. The molecule has 0 aliphatic heterocycles. The number of phosphoric ester groups is 1. The van der Waals surface area contributed by atoms with E-state index < -0.39 is 13.9 Å². The van der Waals surface area contributed by atoms with E-state index >= 15 is 0 Å². The summed E-state index contributed by atoms with van der Waals surface area (Å²) >= 11 is 0. The van der Waals surface area contributed by atoms with Crippen LogP contribution in [-0.4, -0.2) is 49.1 Å². The van der Waals surface area contributed by atoms with Gasteiger partial charge in [0.1, 0.15) is 6.10 Å². The van der Waals surface area contributed by atoms with E-state index in [2.05, 4.69) is 60.1 Å². The van der Waals surface area contributed by atoms with Crippen molar-refractivity contribution in [3.8, 4) is 0 Å². The van der Waals surface area contributed by atoms with Crippen molar-refractivity contribution in [2.45, 2.75) is 116 Å². The minimum Gasteiger partial charge on any atom is -0.388 e. The highest BCUT2D eigenvalue weighted by molar-refractivity contribution is 7.47. The van der Waals surface area contributed by atoms with Crippen molar-refractivity contribution >= 4 is 7.82 Å². The third-order valence-electron chi connectivity index (χ3n) is 5.99. The van der Waals surface area contributed by atoms with Gasteiger partial charge >= 0.3 is 7.82 Å². The lowest BCUT2D eigenvalue weighted by Gasteiger charge is -2.15. The Hall–Kier alpha value is -1.05. The molecule has 228 valence electrons. The third-order valence-corrected chi connectivity index (χ3v) is 6.98. The number of nitrogens with two attached hydrogens (primary N) is 1. The first kappa shape index (κ1) is 38.0. The first-order chi connectivity index (χ1) is 19.0. The smallest absolute Gasteiger partial charge is 0.388 e. The molecule has 39 heavy (non-hydrogen) atoms. The maximum Gasteiger partial charge on any atom is 0.472 e. The van der Waals surface area contributed by atoms with Crippen molar-refractivity contribution in [3.05, 3.63) is 48.6 Å². The maximum atomic E-state index is 11.5. The number of ether oxygens (including phenoxy) is 1. The Morgan fingerprint density at radius 1 is 0.667 bits per heavy atom. The molecule has 0 heterocycles. The van der Waals surface area contributed by atoms with Crippen molar-refractivity contribution in [1.29, 1.82) is 0 Å². The predicted octanol–water partition coefficient (Wildman–Crippen LogP) is 7.94. The van der Waals surface area contributed by atoms with E-state index in [4.69, 9.17) is 15.0 Å². The second-order valence-electron chi connectivity index (χ2n) is 9.79. The van der Waals surface area contributed by atoms with Crippen LogP contribution in [-0.2, 0) is 18.3 Å². The fourth-order valence-corrected chi connectivity index (χ4v) is 4.58. The van der Waals surface area contributed by atoms with Crippen molar-refractivity contribution in [3.63, 3.8) is 0 Å². The molecular formula is C31H58NO6P. The fraction of sp³-hybridized carbons (Fsp3) is 0.742. The minimum atomic E-state index is -4.15. The van der Waals surface area contributed by atoms with Gasteiger partial charge in [-0.05, 0) is 44.9 Å². The quantitative estimate of drug-likeness (QED) is 0.0475. The molecule has 0 amide bonds. The van der Waals surface area contributed by atoms with Crippen LogP contribution in [0.3, 0.4) is 0 Å². The van der Waals surface area contributed by atoms with Crippen molar-refractivity contribution in [2.24, 2.45) is 5.73 Å². The van der Waals surface area contributed by atoms with Crippen LogP contribution in [0.1, 0.15) is 110 Å². The Morgan fingerprint density at radius 3 is 1.69 bits per heavy atom. The predicted molar refractivity (Wildman–Crippen MR) is 164 cm³/mol. The highest BCUT2D eigenvalue weighted by Crippen LogP contribution is 2.42. The number of hydrogen-bond donors (Lipinski definition) is 3. The summed E-state index contributed by atoms with van der Waals surface area (Å²) in [5, 5.41) is 9.76. The molecule has 2 unspecified atom stereocenters. The average molecular weight is 572 g/mol. The number of allylic oxidation sites excluding steroid dienone is 8. The molecule has 7 nitrogen and oxygen atoms in total. The van der Waals surface area contributed by atoms with Gasteiger partial charge in [-0.2, -0.15) is 0 Å². The Balaban J connectivity index is 3.33. The first-order valence-corrected chi connectivity index (χ1v) is 16.7. The first-order valence-electron chi connectivity index (χ1n) is 15.2. The molecule has 0 aromatic heterocycles. The van der Waals surface area contributed by atoms with E-state index in [9.17, 15) is 14.6 Å². The molecule has 0 saturated carbocycles. The van der Waals surface area contributed by atoms with Crippen molar-refractivity contribution < 1.29 is 28.3 Å². The SMILES string of the molecule is CC/C=C\C/C=C\C/C=C\C/C=C\CCCCCCCCCCCCCOCC(O)COP(=O)(O)OCCN. The van der Waals surface area contributed by atoms with Gasteiger partial charge in [-0.15, -0.1) is 0 Å². The molecule has 0 aromatic rings. The molecule has 0 spiro atoms. The van der Waals surface area contributed by atoms with Crippen LogP contribution in [0.5, 0.6) is 0 Å². The van der Waals surface area contributed by atoms with Crippen LogP contribution in [0, 0.1) is 0 Å². The number of aliphatic hydroxyl groups is 1. The molecule has 0 aliphatic carbocycles. The highest BCUT2D eigenvalue weighted by Gasteiger charge is 2.22. The summed E-state index contributed by atoms with van der Waals surface area (Å²) in [5.74, 6) is 0. The van der Waals surface area contributed by atoms with Gasteiger partial charge in [0.05, 0.1) is 19.8 Å². The lowest BCUT2D eigenvalue weighted by molar-refractivity contribution is 0.00230. The summed E-state index contributed by atoms with van der Waals surface area (Å²) in [6.07, 6.45) is 36.3. The molecule has 2 atom stereocenters. The minimum absolute atomic E-state index is 0.0698. The molecule has 0 aliphatic rings. The summed E-state index contributed by atoms with van der Waals surface area (Å²) in [5.41, 5.74) is 5.20. The number of aliphatic hydroxyl groups excluding tert-OH is 1. The average Bonchev–Trinajstić information content (AvgIpc) is 2.92. The molecule has 0 radical (unpaired) electrons. The van der Waals surface area contributed by atoms with E-state index in [1.807, 2.05) is 0 Å². The Morgan fingerprint density at radius 2 is 1.15 bits per heavy atom. The fourth-order valence-electron chi connectivity index (χ4n) is 3.81. The lowest BCUT2D eigenvalue weighted by atomic mass is 10.1. The summed E-state index contributed by atoms with van der Waals surface area (Å²) in [6, 6.07) is 0. The monoisotopic (exact) mass is 571 g/mol. The van der Waals surface area contributed by atoms with Gasteiger partial charge < -0.3 is 20.5 Å². The zero-order valence-corrected chi connectivity index (χ0v) is 25.5. The highest BCUT2D eigenvalue weighted by atomic mass is 31.2. The topological polar surface area (TPSA) is 111 Å². The van der Waals surface area contributed by atoms with Gasteiger partial charge in [-0.3, -0.25) is 9.05 Å². The van der Waals surface area contributed by atoms with Crippen LogP contribution in [0.2, 0.25) is 0 Å². The van der Waals surface area contributed by atoms with E-state index in [1.165, 1.54) is 64.2 Å². The summed E-state index contributed by atoms with van der Waals surface area (Å²) < 4.78 is 26.2. The second-order valence-corrected chi connectivity index (χ2v) is 11.2. The molecular weight excluding hydrogens is 513 g/mol. The number of phosphoric acid groups is 1. The summed E-state index contributed by atoms with van der Waals surface area (Å²) in [4.78, 5) is 9.36. The van der Waals surface area contributed by atoms with Crippen molar-refractivity contribution in [2.75, 3.05) is 33.0 Å². The molecule has 0 aromatic carbocycles. The second kappa shape index (κ2) is 29.9. The lowest BCUT2D eigenvalue weighted by Crippen LogP contribution is -2.22. The molecule has 0 rings (SSSR count). The Kier molecular flexibility index (Phi) is 29.1. The van der Waals surface area contributed by atoms with E-state index in [-0.39, 0.29) is 26.4 Å². The van der Waals surface area contributed by atoms with Gasteiger partial charge in [0, 0.05) is 13.2 Å². The van der Waals surface area contributed by atoms with Gasteiger partial charge in [0.15, 0.2) is 0 Å². The maximum absolute atomic E-state index is 11.5.